The summed E-state index contributed by atoms with van der Waals surface area (Å²) in [7, 11) is 1.55. The zero-order valence-electron chi connectivity index (χ0n) is 14.3. The molecule has 0 radical (unpaired) electrons. The number of hydrogen-bond donors (Lipinski definition) is 3. The highest BCUT2D eigenvalue weighted by Crippen LogP contribution is 2.29. The molecule has 1 fully saturated rings. The van der Waals surface area contributed by atoms with Crippen molar-refractivity contribution in [3.05, 3.63) is 48.3 Å². The van der Waals surface area contributed by atoms with Crippen LogP contribution in [0.2, 0.25) is 0 Å². The van der Waals surface area contributed by atoms with Crippen molar-refractivity contribution in [2.24, 2.45) is 0 Å². The molecule has 1 unspecified atom stereocenters. The van der Waals surface area contributed by atoms with Gasteiger partial charge in [0.15, 0.2) is 5.60 Å². The Bertz CT molecular complexity index is 946. The molecule has 1 aliphatic heterocycles. The second-order valence-corrected chi connectivity index (χ2v) is 6.42. The zero-order chi connectivity index (χ0) is 18.1. The van der Waals surface area contributed by atoms with Gasteiger partial charge in [-0.05, 0) is 55.4 Å². The van der Waals surface area contributed by atoms with Crippen LogP contribution < -0.4 is 10.6 Å². The Morgan fingerprint density at radius 3 is 2.77 bits per heavy atom. The number of ether oxygens (including phenoxy) is 1. The molecule has 6 nitrogen and oxygen atoms in total. The van der Waals surface area contributed by atoms with Gasteiger partial charge in [-0.3, -0.25) is 9.89 Å². The van der Waals surface area contributed by atoms with E-state index in [4.69, 9.17) is 4.74 Å². The number of rotatable bonds is 4. The summed E-state index contributed by atoms with van der Waals surface area (Å²) in [6.45, 7) is 1.24. The van der Waals surface area contributed by atoms with E-state index in [0.717, 1.165) is 23.0 Å². The third kappa shape index (κ3) is 2.85. The molecule has 2 heterocycles. The van der Waals surface area contributed by atoms with Gasteiger partial charge in [-0.2, -0.15) is 5.10 Å². The fourth-order valence-corrected chi connectivity index (χ4v) is 3.29. The minimum atomic E-state index is -0.842. The van der Waals surface area contributed by atoms with Crippen molar-refractivity contribution in [2.75, 3.05) is 25.5 Å². The monoisotopic (exact) mass is 354 g/mol. The van der Waals surface area contributed by atoms with Crippen molar-refractivity contribution in [3.8, 4) is 11.3 Å². The number of halogens is 1. The number of methoxy groups -OCH3 is 1. The molecule has 0 spiro atoms. The standard InChI is InChI=1S/C19H19FN4O2/c1-26-19(8-9-21-11-19)18(25)22-14-6-7-16-15(10-14)17(24-23-16)12-2-4-13(20)5-3-12/h2-7,10,21H,8-9,11H2,1H3,(H,22,25)(H,23,24). The molecule has 1 amide bonds. The first kappa shape index (κ1) is 16.7. The molecule has 4 rings (SSSR count). The van der Waals surface area contributed by atoms with Gasteiger partial charge in [0, 0.05) is 30.3 Å². The lowest BCUT2D eigenvalue weighted by atomic mass is 10.0. The number of aromatic nitrogens is 2. The summed E-state index contributed by atoms with van der Waals surface area (Å²) in [5.74, 6) is -0.465. The lowest BCUT2D eigenvalue weighted by molar-refractivity contribution is -0.135. The number of aromatic amines is 1. The summed E-state index contributed by atoms with van der Waals surface area (Å²) in [6.07, 6.45) is 0.629. The summed E-state index contributed by atoms with van der Waals surface area (Å²) in [4.78, 5) is 12.7. The molecule has 1 saturated heterocycles. The predicted octanol–water partition coefficient (Wildman–Crippen LogP) is 2.69. The number of fused-ring (bicyclic) bond motifs is 1. The molecular formula is C19H19FN4O2. The number of benzene rings is 2. The van der Waals surface area contributed by atoms with Crippen LogP contribution in [0, 0.1) is 5.82 Å². The first-order valence-electron chi connectivity index (χ1n) is 8.43. The van der Waals surface area contributed by atoms with E-state index < -0.39 is 5.60 Å². The highest BCUT2D eigenvalue weighted by Gasteiger charge is 2.41. The van der Waals surface area contributed by atoms with Crippen LogP contribution in [0.4, 0.5) is 10.1 Å². The van der Waals surface area contributed by atoms with Crippen molar-refractivity contribution in [1.29, 1.82) is 0 Å². The van der Waals surface area contributed by atoms with E-state index in [1.807, 2.05) is 18.2 Å². The smallest absolute Gasteiger partial charge is 0.257 e. The van der Waals surface area contributed by atoms with Crippen molar-refractivity contribution in [2.45, 2.75) is 12.0 Å². The lowest BCUT2D eigenvalue weighted by Gasteiger charge is -2.25. The van der Waals surface area contributed by atoms with Gasteiger partial charge < -0.3 is 15.4 Å². The van der Waals surface area contributed by atoms with Gasteiger partial charge in [0.05, 0.1) is 11.2 Å². The fourth-order valence-electron chi connectivity index (χ4n) is 3.29. The first-order chi connectivity index (χ1) is 12.6. The van der Waals surface area contributed by atoms with Crippen LogP contribution in [0.15, 0.2) is 42.5 Å². The van der Waals surface area contributed by atoms with Gasteiger partial charge in [-0.25, -0.2) is 4.39 Å². The molecule has 134 valence electrons. The van der Waals surface area contributed by atoms with Crippen molar-refractivity contribution < 1.29 is 13.9 Å². The molecular weight excluding hydrogens is 335 g/mol. The van der Waals surface area contributed by atoms with Crippen molar-refractivity contribution >= 4 is 22.5 Å². The number of hydrogen-bond acceptors (Lipinski definition) is 4. The van der Waals surface area contributed by atoms with Crippen LogP contribution >= 0.6 is 0 Å². The quantitative estimate of drug-likeness (QED) is 0.673. The zero-order valence-corrected chi connectivity index (χ0v) is 14.3. The fraction of sp³-hybridized carbons (Fsp3) is 0.263. The summed E-state index contributed by atoms with van der Waals surface area (Å²) >= 11 is 0. The first-order valence-corrected chi connectivity index (χ1v) is 8.43. The minimum absolute atomic E-state index is 0.170. The maximum Gasteiger partial charge on any atom is 0.257 e. The topological polar surface area (TPSA) is 79.0 Å². The Morgan fingerprint density at radius 2 is 2.08 bits per heavy atom. The number of carbonyl (C=O) groups excluding carboxylic acids is 1. The second-order valence-electron chi connectivity index (χ2n) is 6.42. The van der Waals surface area contributed by atoms with E-state index >= 15 is 0 Å². The molecule has 0 bridgehead atoms. The average molecular weight is 354 g/mol. The maximum absolute atomic E-state index is 13.2. The van der Waals surface area contributed by atoms with Gasteiger partial charge in [-0.15, -0.1) is 0 Å². The third-order valence-corrected chi connectivity index (χ3v) is 4.86. The van der Waals surface area contributed by atoms with E-state index in [0.29, 0.717) is 24.3 Å². The Morgan fingerprint density at radius 1 is 1.27 bits per heavy atom. The number of carbonyl (C=O) groups is 1. The van der Waals surface area contributed by atoms with E-state index in [2.05, 4.69) is 20.8 Å². The van der Waals surface area contributed by atoms with Gasteiger partial charge >= 0.3 is 0 Å². The van der Waals surface area contributed by atoms with Crippen LogP contribution in [-0.4, -0.2) is 41.9 Å². The maximum atomic E-state index is 13.2. The van der Waals surface area contributed by atoms with Gasteiger partial charge in [0.25, 0.3) is 5.91 Å². The second kappa shape index (κ2) is 6.51. The van der Waals surface area contributed by atoms with E-state index in [1.54, 1.807) is 19.2 Å². The Balaban J connectivity index is 1.66. The van der Waals surface area contributed by atoms with E-state index in [1.165, 1.54) is 12.1 Å². The van der Waals surface area contributed by atoms with E-state index in [-0.39, 0.29) is 11.7 Å². The molecule has 1 atom stereocenters. The SMILES string of the molecule is COC1(C(=O)Nc2ccc3[nH]nc(-c4ccc(F)cc4)c3c2)CCNC1. The van der Waals surface area contributed by atoms with Crippen LogP contribution in [0.3, 0.4) is 0 Å². The Kier molecular flexibility index (Phi) is 4.18. The summed E-state index contributed by atoms with van der Waals surface area (Å²) in [5.41, 5.74) is 2.17. The van der Waals surface area contributed by atoms with Crippen molar-refractivity contribution in [3.63, 3.8) is 0 Å². The third-order valence-electron chi connectivity index (χ3n) is 4.86. The van der Waals surface area contributed by atoms with Crippen LogP contribution in [0.1, 0.15) is 6.42 Å². The van der Waals surface area contributed by atoms with Crippen LogP contribution in [-0.2, 0) is 9.53 Å². The minimum Gasteiger partial charge on any atom is -0.367 e. The van der Waals surface area contributed by atoms with Gasteiger partial charge in [-0.1, -0.05) is 0 Å². The molecule has 0 saturated carbocycles. The summed E-state index contributed by atoms with van der Waals surface area (Å²) < 4.78 is 18.7. The number of nitrogens with zero attached hydrogens (tertiary/aromatic N) is 1. The normalized spacial score (nSPS) is 19.8. The predicted molar refractivity (Wildman–Crippen MR) is 97.3 cm³/mol. The van der Waals surface area contributed by atoms with Gasteiger partial charge in [0.1, 0.15) is 5.82 Å². The molecule has 0 aliphatic carbocycles. The molecule has 1 aliphatic rings. The largest absolute Gasteiger partial charge is 0.367 e. The van der Waals surface area contributed by atoms with Crippen molar-refractivity contribution in [1.82, 2.24) is 15.5 Å². The Labute approximate surface area is 149 Å². The number of nitrogens with one attached hydrogen (secondary N) is 3. The van der Waals surface area contributed by atoms with Gasteiger partial charge in [0.2, 0.25) is 0 Å². The molecule has 7 heteroatoms. The van der Waals surface area contributed by atoms with Crippen LogP contribution in [0.5, 0.6) is 0 Å². The highest BCUT2D eigenvalue weighted by atomic mass is 19.1. The average Bonchev–Trinajstić information content (AvgIpc) is 3.30. The number of H-pyrrole nitrogens is 1. The summed E-state index contributed by atoms with van der Waals surface area (Å²) in [6, 6.07) is 11.7. The molecule has 3 N–H and O–H groups in total. The molecule has 26 heavy (non-hydrogen) atoms. The molecule has 2 aromatic carbocycles. The van der Waals surface area contributed by atoms with Crippen LogP contribution in [0.25, 0.3) is 22.2 Å². The van der Waals surface area contributed by atoms with E-state index in [9.17, 15) is 9.18 Å². The Hall–Kier alpha value is -2.77. The molecule has 1 aromatic heterocycles. The summed E-state index contributed by atoms with van der Waals surface area (Å²) in [5, 5.41) is 14.2. The molecule has 3 aromatic rings. The number of anilines is 1. The lowest BCUT2D eigenvalue weighted by Crippen LogP contribution is -2.46. The number of amides is 1. The highest BCUT2D eigenvalue weighted by molar-refractivity contribution is 6.01.